The molecule has 1 amide bonds. The van der Waals surface area contributed by atoms with Gasteiger partial charge in [-0.05, 0) is 50.8 Å². The predicted octanol–water partition coefficient (Wildman–Crippen LogP) is 2.32. The average Bonchev–Trinajstić information content (AvgIpc) is 2.46. The van der Waals surface area contributed by atoms with E-state index in [4.69, 9.17) is 5.73 Å². The third kappa shape index (κ3) is 3.20. The zero-order valence-electron chi connectivity index (χ0n) is 12.3. The van der Waals surface area contributed by atoms with Crippen molar-refractivity contribution in [1.82, 2.24) is 4.90 Å². The first-order valence-electron chi connectivity index (χ1n) is 7.24. The van der Waals surface area contributed by atoms with E-state index in [9.17, 15) is 4.79 Å². The molecule has 1 fully saturated rings. The van der Waals surface area contributed by atoms with Gasteiger partial charge in [0.05, 0.1) is 6.54 Å². The summed E-state index contributed by atoms with van der Waals surface area (Å²) in [5.41, 5.74) is 8.02. The van der Waals surface area contributed by atoms with Gasteiger partial charge in [0.1, 0.15) is 0 Å². The fraction of sp³-hybridized carbons (Fsp3) is 0.471. The van der Waals surface area contributed by atoms with E-state index in [0.29, 0.717) is 12.6 Å². The summed E-state index contributed by atoms with van der Waals surface area (Å²) in [6.45, 7) is 5.30. The van der Waals surface area contributed by atoms with Crippen LogP contribution in [0.15, 0.2) is 18.2 Å². The molecule has 2 N–H and O–H groups in total. The van der Waals surface area contributed by atoms with E-state index in [0.717, 1.165) is 36.1 Å². The zero-order chi connectivity index (χ0) is 14.5. The molecule has 1 saturated heterocycles. The van der Waals surface area contributed by atoms with Crippen LogP contribution in [0.2, 0.25) is 0 Å². The number of piperidine rings is 1. The van der Waals surface area contributed by atoms with Gasteiger partial charge in [0.15, 0.2) is 0 Å². The highest BCUT2D eigenvalue weighted by Crippen LogP contribution is 2.21. The summed E-state index contributed by atoms with van der Waals surface area (Å²) in [5.74, 6) is 5.96. The smallest absolute Gasteiger partial charge is 0.254 e. The Bertz CT molecular complexity index is 554. The molecule has 0 bridgehead atoms. The van der Waals surface area contributed by atoms with Crippen molar-refractivity contribution in [2.75, 3.05) is 13.1 Å². The molecule has 0 spiro atoms. The van der Waals surface area contributed by atoms with Crippen molar-refractivity contribution in [1.29, 1.82) is 0 Å². The Balaban J connectivity index is 2.28. The number of carbonyl (C=O) groups is 1. The fourth-order valence-electron chi connectivity index (χ4n) is 2.64. The molecular weight excluding hydrogens is 248 g/mol. The van der Waals surface area contributed by atoms with Crippen molar-refractivity contribution < 1.29 is 4.79 Å². The SMILES string of the molecule is Cc1ccc(C#CCN)cc1C(=O)N1CCCCC1C. The zero-order valence-corrected chi connectivity index (χ0v) is 12.3. The van der Waals surface area contributed by atoms with Gasteiger partial charge in [-0.3, -0.25) is 4.79 Å². The maximum absolute atomic E-state index is 12.7. The molecule has 2 rings (SSSR count). The number of nitrogens with zero attached hydrogens (tertiary/aromatic N) is 1. The van der Waals surface area contributed by atoms with Gasteiger partial charge in [-0.1, -0.05) is 17.9 Å². The molecule has 1 heterocycles. The number of amides is 1. The molecule has 3 nitrogen and oxygen atoms in total. The molecule has 1 aromatic rings. The molecule has 1 unspecified atom stereocenters. The summed E-state index contributed by atoms with van der Waals surface area (Å²) in [4.78, 5) is 14.7. The van der Waals surface area contributed by atoms with Gasteiger partial charge in [0.2, 0.25) is 0 Å². The lowest BCUT2D eigenvalue weighted by atomic mass is 9.99. The predicted molar refractivity (Wildman–Crippen MR) is 81.5 cm³/mol. The lowest BCUT2D eigenvalue weighted by Gasteiger charge is -2.33. The number of likely N-dealkylation sites (tertiary alicyclic amines) is 1. The molecular formula is C17H22N2O. The van der Waals surface area contributed by atoms with Crippen LogP contribution < -0.4 is 5.73 Å². The van der Waals surface area contributed by atoms with Crippen molar-refractivity contribution in [3.05, 3.63) is 34.9 Å². The van der Waals surface area contributed by atoms with E-state index in [-0.39, 0.29) is 5.91 Å². The van der Waals surface area contributed by atoms with Gasteiger partial charge in [-0.25, -0.2) is 0 Å². The first-order chi connectivity index (χ1) is 9.63. The van der Waals surface area contributed by atoms with E-state index in [1.54, 1.807) is 0 Å². The molecule has 1 atom stereocenters. The van der Waals surface area contributed by atoms with Crippen molar-refractivity contribution in [3.8, 4) is 11.8 Å². The Morgan fingerprint density at radius 1 is 1.45 bits per heavy atom. The minimum atomic E-state index is 0.131. The standard InChI is InChI=1S/C17H22N2O/c1-13-8-9-15(7-5-10-18)12-16(13)17(20)19-11-4-3-6-14(19)2/h8-9,12,14H,3-4,6,10-11,18H2,1-2H3. The van der Waals surface area contributed by atoms with Gasteiger partial charge < -0.3 is 10.6 Å². The highest BCUT2D eigenvalue weighted by atomic mass is 16.2. The van der Waals surface area contributed by atoms with Gasteiger partial charge in [0, 0.05) is 23.7 Å². The highest BCUT2D eigenvalue weighted by molar-refractivity contribution is 5.96. The largest absolute Gasteiger partial charge is 0.336 e. The van der Waals surface area contributed by atoms with Gasteiger partial charge in [0.25, 0.3) is 5.91 Å². The number of aryl methyl sites for hydroxylation is 1. The van der Waals surface area contributed by atoms with Crippen LogP contribution in [-0.2, 0) is 0 Å². The van der Waals surface area contributed by atoms with Crippen molar-refractivity contribution in [2.24, 2.45) is 5.73 Å². The highest BCUT2D eigenvalue weighted by Gasteiger charge is 2.25. The Hall–Kier alpha value is -1.79. The third-order valence-electron chi connectivity index (χ3n) is 3.87. The number of hydrogen-bond acceptors (Lipinski definition) is 2. The van der Waals surface area contributed by atoms with Crippen LogP contribution in [0.3, 0.4) is 0 Å². The number of benzene rings is 1. The van der Waals surface area contributed by atoms with Crippen LogP contribution in [0.4, 0.5) is 0 Å². The van der Waals surface area contributed by atoms with Crippen LogP contribution >= 0.6 is 0 Å². The topological polar surface area (TPSA) is 46.3 Å². The average molecular weight is 270 g/mol. The first kappa shape index (κ1) is 14.6. The normalized spacial score (nSPS) is 18.4. The van der Waals surface area contributed by atoms with Crippen LogP contribution in [-0.4, -0.2) is 29.9 Å². The second-order valence-electron chi connectivity index (χ2n) is 5.38. The van der Waals surface area contributed by atoms with Crippen LogP contribution in [0, 0.1) is 18.8 Å². The number of rotatable bonds is 1. The Morgan fingerprint density at radius 3 is 2.95 bits per heavy atom. The van der Waals surface area contributed by atoms with Gasteiger partial charge in [-0.2, -0.15) is 0 Å². The van der Waals surface area contributed by atoms with Crippen LogP contribution in [0.1, 0.15) is 47.7 Å². The fourth-order valence-corrected chi connectivity index (χ4v) is 2.64. The Morgan fingerprint density at radius 2 is 2.25 bits per heavy atom. The second-order valence-corrected chi connectivity index (χ2v) is 5.38. The minimum Gasteiger partial charge on any atom is -0.336 e. The van der Waals surface area contributed by atoms with Crippen LogP contribution in [0.25, 0.3) is 0 Å². The first-order valence-corrected chi connectivity index (χ1v) is 7.24. The lowest BCUT2D eigenvalue weighted by molar-refractivity contribution is 0.0635. The summed E-state index contributed by atoms with van der Waals surface area (Å²) in [7, 11) is 0. The lowest BCUT2D eigenvalue weighted by Crippen LogP contribution is -2.42. The van der Waals surface area contributed by atoms with E-state index in [1.165, 1.54) is 6.42 Å². The summed E-state index contributed by atoms with van der Waals surface area (Å²) >= 11 is 0. The molecule has 0 aliphatic carbocycles. The Kier molecular flexibility index (Phi) is 4.81. The monoisotopic (exact) mass is 270 g/mol. The molecule has 20 heavy (non-hydrogen) atoms. The summed E-state index contributed by atoms with van der Waals surface area (Å²) in [6, 6.07) is 6.12. The van der Waals surface area contributed by atoms with Crippen LogP contribution in [0.5, 0.6) is 0 Å². The van der Waals surface area contributed by atoms with E-state index in [2.05, 4.69) is 18.8 Å². The molecule has 1 aliphatic heterocycles. The number of hydrogen-bond donors (Lipinski definition) is 1. The number of carbonyl (C=O) groups excluding carboxylic acids is 1. The van der Waals surface area contributed by atoms with E-state index >= 15 is 0 Å². The molecule has 1 aliphatic rings. The van der Waals surface area contributed by atoms with Gasteiger partial charge >= 0.3 is 0 Å². The Labute approximate surface area is 121 Å². The summed E-state index contributed by atoms with van der Waals surface area (Å²) in [6.07, 6.45) is 3.41. The summed E-state index contributed by atoms with van der Waals surface area (Å²) in [5, 5.41) is 0. The molecule has 0 radical (unpaired) electrons. The van der Waals surface area contributed by atoms with Crippen molar-refractivity contribution in [2.45, 2.75) is 39.2 Å². The molecule has 3 heteroatoms. The van der Waals surface area contributed by atoms with Gasteiger partial charge in [-0.15, -0.1) is 0 Å². The molecule has 106 valence electrons. The maximum atomic E-state index is 12.7. The van der Waals surface area contributed by atoms with Crippen molar-refractivity contribution >= 4 is 5.91 Å². The third-order valence-corrected chi connectivity index (χ3v) is 3.87. The van der Waals surface area contributed by atoms with E-state index in [1.807, 2.05) is 30.0 Å². The van der Waals surface area contributed by atoms with E-state index < -0.39 is 0 Å². The minimum absolute atomic E-state index is 0.131. The number of nitrogens with two attached hydrogens (primary N) is 1. The molecule has 1 aromatic carbocycles. The quantitative estimate of drug-likeness (QED) is 0.796. The second kappa shape index (κ2) is 6.58. The summed E-state index contributed by atoms with van der Waals surface area (Å²) < 4.78 is 0. The maximum Gasteiger partial charge on any atom is 0.254 e. The molecule has 0 saturated carbocycles. The van der Waals surface area contributed by atoms with Crippen molar-refractivity contribution in [3.63, 3.8) is 0 Å². The molecule has 0 aromatic heterocycles.